The summed E-state index contributed by atoms with van der Waals surface area (Å²) in [6.45, 7) is 9.62. The van der Waals surface area contributed by atoms with Crippen molar-refractivity contribution in [1.82, 2.24) is 0 Å². The second kappa shape index (κ2) is 5.08. The van der Waals surface area contributed by atoms with Gasteiger partial charge in [0.25, 0.3) is 0 Å². The van der Waals surface area contributed by atoms with Gasteiger partial charge in [-0.05, 0) is 36.5 Å². The Balaban J connectivity index is 1.93. The molecule has 19 heavy (non-hydrogen) atoms. The summed E-state index contributed by atoms with van der Waals surface area (Å²) >= 11 is 0. The highest BCUT2D eigenvalue weighted by molar-refractivity contribution is 5.70. The Kier molecular flexibility index (Phi) is 3.97. The van der Waals surface area contributed by atoms with Crippen LogP contribution in [0, 0.1) is 22.7 Å². The Bertz CT molecular complexity index is 350. The molecule has 0 amide bonds. The Labute approximate surface area is 117 Å². The largest absolute Gasteiger partial charge is 0.462 e. The first-order chi connectivity index (χ1) is 8.81. The topological polar surface area (TPSA) is 35.5 Å². The van der Waals surface area contributed by atoms with Gasteiger partial charge in [0.15, 0.2) is 0 Å². The second-order valence-corrected chi connectivity index (χ2v) is 7.35. The Morgan fingerprint density at radius 3 is 2.53 bits per heavy atom. The normalized spacial score (nSPS) is 37.3. The highest BCUT2D eigenvalue weighted by atomic mass is 16.5. The van der Waals surface area contributed by atoms with Crippen LogP contribution in [0.4, 0.5) is 0 Å². The van der Waals surface area contributed by atoms with Crippen molar-refractivity contribution in [3.05, 3.63) is 0 Å². The third-order valence-electron chi connectivity index (χ3n) is 5.95. The van der Waals surface area contributed by atoms with E-state index in [0.29, 0.717) is 24.4 Å². The molecule has 0 spiro atoms. The van der Waals surface area contributed by atoms with Crippen LogP contribution in [-0.4, -0.2) is 25.8 Å². The number of methoxy groups -OCH3 is 1. The summed E-state index contributed by atoms with van der Waals surface area (Å²) < 4.78 is 10.9. The van der Waals surface area contributed by atoms with Crippen LogP contribution in [-0.2, 0) is 14.3 Å². The lowest BCUT2D eigenvalue weighted by Gasteiger charge is -2.38. The van der Waals surface area contributed by atoms with Gasteiger partial charge in [0, 0.05) is 19.1 Å². The average molecular weight is 268 g/mol. The fraction of sp³-hybridized carbons (Fsp3) is 0.938. The molecule has 2 saturated carbocycles. The van der Waals surface area contributed by atoms with Crippen LogP contribution in [0.1, 0.15) is 53.4 Å². The SMILES string of the molecule is COCC(C)CC(=O)OC1CC2CCC1(C)C2(C)C. The molecule has 2 rings (SSSR count). The van der Waals surface area contributed by atoms with Crippen molar-refractivity contribution in [1.29, 1.82) is 0 Å². The van der Waals surface area contributed by atoms with E-state index in [0.717, 1.165) is 6.42 Å². The van der Waals surface area contributed by atoms with Crippen LogP contribution in [0.15, 0.2) is 0 Å². The summed E-state index contributed by atoms with van der Waals surface area (Å²) in [7, 11) is 1.67. The van der Waals surface area contributed by atoms with Crippen molar-refractivity contribution >= 4 is 5.97 Å². The van der Waals surface area contributed by atoms with Crippen molar-refractivity contribution in [2.24, 2.45) is 22.7 Å². The smallest absolute Gasteiger partial charge is 0.306 e. The van der Waals surface area contributed by atoms with Gasteiger partial charge in [-0.3, -0.25) is 4.79 Å². The monoisotopic (exact) mass is 268 g/mol. The molecule has 0 heterocycles. The van der Waals surface area contributed by atoms with Crippen molar-refractivity contribution in [3.8, 4) is 0 Å². The summed E-state index contributed by atoms with van der Waals surface area (Å²) in [5.41, 5.74) is 0.466. The van der Waals surface area contributed by atoms with Gasteiger partial charge in [0.05, 0.1) is 6.42 Å². The first-order valence-corrected chi connectivity index (χ1v) is 7.49. The van der Waals surface area contributed by atoms with Crippen molar-refractivity contribution < 1.29 is 14.3 Å². The second-order valence-electron chi connectivity index (χ2n) is 7.35. The number of esters is 1. The molecule has 2 aliphatic carbocycles. The molecule has 0 aliphatic heterocycles. The quantitative estimate of drug-likeness (QED) is 0.717. The predicted octanol–water partition coefficient (Wildman–Crippen LogP) is 3.42. The highest BCUT2D eigenvalue weighted by Gasteiger charge is 2.62. The van der Waals surface area contributed by atoms with E-state index in [1.807, 2.05) is 6.92 Å². The fourth-order valence-electron chi connectivity index (χ4n) is 4.14. The Hall–Kier alpha value is -0.570. The molecule has 0 aromatic rings. The molecule has 4 unspecified atom stereocenters. The molecule has 2 aliphatic rings. The summed E-state index contributed by atoms with van der Waals surface area (Å²) in [5, 5.41) is 0. The number of ether oxygens (including phenoxy) is 2. The molecule has 0 aromatic heterocycles. The maximum absolute atomic E-state index is 12.0. The number of hydrogen-bond donors (Lipinski definition) is 0. The summed E-state index contributed by atoms with van der Waals surface area (Å²) in [5.74, 6) is 0.891. The molecule has 0 saturated heterocycles. The lowest BCUT2D eigenvalue weighted by atomic mass is 9.70. The number of carbonyl (C=O) groups excluding carboxylic acids is 1. The number of hydrogen-bond acceptors (Lipinski definition) is 3. The molecule has 0 radical (unpaired) electrons. The number of rotatable bonds is 5. The minimum absolute atomic E-state index is 0.0564. The first kappa shape index (κ1) is 14.8. The Morgan fingerprint density at radius 1 is 1.37 bits per heavy atom. The number of fused-ring (bicyclic) bond motifs is 2. The molecule has 3 heteroatoms. The van der Waals surface area contributed by atoms with Gasteiger partial charge in [-0.1, -0.05) is 27.7 Å². The van der Waals surface area contributed by atoms with E-state index in [4.69, 9.17) is 9.47 Å². The fourth-order valence-corrected chi connectivity index (χ4v) is 4.14. The minimum atomic E-state index is -0.0564. The third-order valence-corrected chi connectivity index (χ3v) is 5.95. The van der Waals surface area contributed by atoms with Crippen molar-refractivity contribution in [2.75, 3.05) is 13.7 Å². The molecule has 0 N–H and O–H groups in total. The zero-order valence-electron chi connectivity index (χ0n) is 13.0. The molecular weight excluding hydrogens is 240 g/mol. The van der Waals surface area contributed by atoms with E-state index >= 15 is 0 Å². The molecule has 2 bridgehead atoms. The standard InChI is InChI=1S/C16H28O3/c1-11(10-18-5)8-14(17)19-13-9-12-6-7-16(13,4)15(12,2)3/h11-13H,6-10H2,1-5H3. The molecule has 4 atom stereocenters. The van der Waals surface area contributed by atoms with E-state index in [2.05, 4.69) is 20.8 Å². The van der Waals surface area contributed by atoms with Crippen LogP contribution < -0.4 is 0 Å². The van der Waals surface area contributed by atoms with Crippen LogP contribution in [0.2, 0.25) is 0 Å². The predicted molar refractivity (Wildman–Crippen MR) is 74.8 cm³/mol. The van der Waals surface area contributed by atoms with Gasteiger partial charge in [-0.15, -0.1) is 0 Å². The van der Waals surface area contributed by atoms with E-state index < -0.39 is 0 Å². The summed E-state index contributed by atoms with van der Waals surface area (Å²) in [4.78, 5) is 12.0. The lowest BCUT2D eigenvalue weighted by Crippen LogP contribution is -2.38. The molecule has 3 nitrogen and oxygen atoms in total. The van der Waals surface area contributed by atoms with Gasteiger partial charge in [0.2, 0.25) is 0 Å². The number of carbonyl (C=O) groups is 1. The van der Waals surface area contributed by atoms with Gasteiger partial charge in [0.1, 0.15) is 6.10 Å². The summed E-state index contributed by atoms with van der Waals surface area (Å²) in [6, 6.07) is 0. The van der Waals surface area contributed by atoms with E-state index in [9.17, 15) is 4.79 Å². The van der Waals surface area contributed by atoms with Crippen molar-refractivity contribution in [2.45, 2.75) is 59.5 Å². The van der Waals surface area contributed by atoms with Crippen molar-refractivity contribution in [3.63, 3.8) is 0 Å². The summed E-state index contributed by atoms with van der Waals surface area (Å²) in [6.07, 6.45) is 4.11. The van der Waals surface area contributed by atoms with Gasteiger partial charge >= 0.3 is 5.97 Å². The van der Waals surface area contributed by atoms with Crippen LogP contribution in [0.25, 0.3) is 0 Å². The zero-order valence-corrected chi connectivity index (χ0v) is 13.0. The van der Waals surface area contributed by atoms with Crippen LogP contribution in [0.5, 0.6) is 0 Å². The van der Waals surface area contributed by atoms with Gasteiger partial charge < -0.3 is 9.47 Å². The van der Waals surface area contributed by atoms with Gasteiger partial charge in [-0.25, -0.2) is 0 Å². The molecule has 110 valence electrons. The highest BCUT2D eigenvalue weighted by Crippen LogP contribution is 2.66. The first-order valence-electron chi connectivity index (χ1n) is 7.49. The van der Waals surface area contributed by atoms with Crippen LogP contribution >= 0.6 is 0 Å². The van der Waals surface area contributed by atoms with Crippen LogP contribution in [0.3, 0.4) is 0 Å². The average Bonchev–Trinajstić information content (AvgIpc) is 2.62. The van der Waals surface area contributed by atoms with Gasteiger partial charge in [-0.2, -0.15) is 0 Å². The maximum Gasteiger partial charge on any atom is 0.306 e. The minimum Gasteiger partial charge on any atom is -0.462 e. The van der Waals surface area contributed by atoms with E-state index in [1.165, 1.54) is 12.8 Å². The van der Waals surface area contributed by atoms with E-state index in [-0.39, 0.29) is 23.4 Å². The van der Waals surface area contributed by atoms with E-state index in [1.54, 1.807) is 7.11 Å². The third kappa shape index (κ3) is 2.42. The molecule has 2 fully saturated rings. The maximum atomic E-state index is 12.0. The molecular formula is C16H28O3. The zero-order chi connectivity index (χ0) is 14.3. The molecule has 0 aromatic carbocycles. The lowest BCUT2D eigenvalue weighted by molar-refractivity contribution is -0.158. The Morgan fingerprint density at radius 2 is 2.05 bits per heavy atom.